The van der Waals surface area contributed by atoms with Gasteiger partial charge in [-0.05, 0) is 75.4 Å². The third-order valence-electron chi connectivity index (χ3n) is 9.65. The topological polar surface area (TPSA) is 93.1 Å². The van der Waals surface area contributed by atoms with Crippen LogP contribution in [0.15, 0.2) is 146 Å². The maximum Gasteiger partial charge on any atom is 0.310 e. The molecule has 280 valence electrons. The Morgan fingerprint density at radius 1 is 0.491 bits per heavy atom. The molecule has 0 aliphatic carbocycles. The molecule has 6 heteroatoms. The van der Waals surface area contributed by atoms with E-state index in [1.54, 1.807) is 0 Å². The predicted molar refractivity (Wildman–Crippen MR) is 216 cm³/mol. The van der Waals surface area contributed by atoms with Crippen LogP contribution in [0.1, 0.15) is 75.4 Å². The van der Waals surface area contributed by atoms with Crippen molar-refractivity contribution in [2.45, 2.75) is 64.4 Å². The van der Waals surface area contributed by atoms with Gasteiger partial charge in [-0.25, -0.2) is 0 Å². The van der Waals surface area contributed by atoms with Gasteiger partial charge in [0.15, 0.2) is 0 Å². The standard InChI is InChI=1S/C49H48O6/c1-35(55-47(51)34-41-31-44(27-38-20-10-4-11-21-38)49(53)45(32-41)28-39-22-12-5-13-23-39)15-14-24-54-46(50)33-40-29-42(25-36-16-6-2-7-17-36)48(52)43(30-40)26-37-18-8-3-9-19-37/h2-13,16-23,29-32,35,52-53H,14-15,24-28,33-34H2,1H3. The first kappa shape index (κ1) is 38.6. The second kappa shape index (κ2) is 19.3. The zero-order chi connectivity index (χ0) is 38.4. The number of hydrogen-bond donors (Lipinski definition) is 2. The Bertz CT molecular complexity index is 2020. The van der Waals surface area contributed by atoms with Gasteiger partial charge < -0.3 is 19.7 Å². The molecule has 6 aromatic rings. The number of rotatable bonds is 17. The number of aromatic hydroxyl groups is 2. The zero-order valence-corrected chi connectivity index (χ0v) is 31.3. The summed E-state index contributed by atoms with van der Waals surface area (Å²) in [6, 6.07) is 47.4. The van der Waals surface area contributed by atoms with E-state index in [0.717, 1.165) is 55.6 Å². The van der Waals surface area contributed by atoms with Gasteiger partial charge in [0.2, 0.25) is 0 Å². The molecule has 0 spiro atoms. The first-order chi connectivity index (χ1) is 26.8. The summed E-state index contributed by atoms with van der Waals surface area (Å²) in [5.41, 5.74) is 8.93. The number of phenolic OH excluding ortho intramolecular Hbond substituents is 2. The Hall–Kier alpha value is -6.14. The number of carbonyl (C=O) groups is 2. The largest absolute Gasteiger partial charge is 0.507 e. The van der Waals surface area contributed by atoms with Crippen molar-refractivity contribution in [3.8, 4) is 11.5 Å². The SMILES string of the molecule is CC(CCCOC(=O)Cc1cc(Cc2ccccc2)c(O)c(Cc2ccccc2)c1)OC(=O)Cc1cc(Cc2ccccc2)c(O)c(Cc2ccccc2)c1. The highest BCUT2D eigenvalue weighted by Gasteiger charge is 2.17. The van der Waals surface area contributed by atoms with Crippen molar-refractivity contribution in [1.82, 2.24) is 0 Å². The van der Waals surface area contributed by atoms with Crippen molar-refractivity contribution < 1.29 is 29.3 Å². The molecule has 0 aromatic heterocycles. The third kappa shape index (κ3) is 11.7. The first-order valence-corrected chi connectivity index (χ1v) is 19.0. The molecule has 1 unspecified atom stereocenters. The van der Waals surface area contributed by atoms with Gasteiger partial charge in [-0.2, -0.15) is 0 Å². The zero-order valence-electron chi connectivity index (χ0n) is 31.3. The number of ether oxygens (including phenoxy) is 2. The fourth-order valence-electron chi connectivity index (χ4n) is 6.94. The van der Waals surface area contributed by atoms with Crippen LogP contribution in [0.4, 0.5) is 0 Å². The Labute approximate surface area is 324 Å². The van der Waals surface area contributed by atoms with Gasteiger partial charge in [-0.1, -0.05) is 146 Å². The van der Waals surface area contributed by atoms with Crippen LogP contribution in [-0.4, -0.2) is 34.9 Å². The summed E-state index contributed by atoms with van der Waals surface area (Å²) in [4.78, 5) is 26.1. The molecule has 6 aromatic carbocycles. The van der Waals surface area contributed by atoms with Gasteiger partial charge in [0.25, 0.3) is 0 Å². The fraction of sp³-hybridized carbons (Fsp3) is 0.224. The van der Waals surface area contributed by atoms with E-state index in [4.69, 9.17) is 9.47 Å². The first-order valence-electron chi connectivity index (χ1n) is 19.0. The average molecular weight is 733 g/mol. The number of esters is 2. The molecular formula is C49H48O6. The molecule has 6 nitrogen and oxygen atoms in total. The highest BCUT2D eigenvalue weighted by atomic mass is 16.5. The smallest absolute Gasteiger partial charge is 0.310 e. The molecule has 2 N–H and O–H groups in total. The van der Waals surface area contributed by atoms with Gasteiger partial charge >= 0.3 is 11.9 Å². The summed E-state index contributed by atoms with van der Waals surface area (Å²) in [6.45, 7) is 2.05. The Kier molecular flexibility index (Phi) is 13.5. The van der Waals surface area contributed by atoms with Crippen molar-refractivity contribution in [2.75, 3.05) is 6.61 Å². The molecule has 0 saturated heterocycles. The van der Waals surface area contributed by atoms with Crippen LogP contribution in [0.5, 0.6) is 11.5 Å². The molecular weight excluding hydrogens is 685 g/mol. The lowest BCUT2D eigenvalue weighted by Gasteiger charge is -2.16. The summed E-state index contributed by atoms with van der Waals surface area (Å²) in [6.07, 6.45) is 3.05. The highest BCUT2D eigenvalue weighted by Crippen LogP contribution is 2.31. The average Bonchev–Trinajstić information content (AvgIpc) is 3.18. The maximum atomic E-state index is 13.1. The monoisotopic (exact) mass is 732 g/mol. The number of hydrogen-bond acceptors (Lipinski definition) is 6. The highest BCUT2D eigenvalue weighted by molar-refractivity contribution is 5.74. The Morgan fingerprint density at radius 3 is 1.16 bits per heavy atom. The minimum atomic E-state index is -0.367. The molecule has 0 bridgehead atoms. The molecule has 0 radical (unpaired) electrons. The van der Waals surface area contributed by atoms with Crippen LogP contribution >= 0.6 is 0 Å². The number of benzene rings is 6. The van der Waals surface area contributed by atoms with Crippen molar-refractivity contribution in [3.05, 3.63) is 201 Å². The van der Waals surface area contributed by atoms with Crippen LogP contribution in [-0.2, 0) is 57.6 Å². The van der Waals surface area contributed by atoms with E-state index < -0.39 is 0 Å². The van der Waals surface area contributed by atoms with Crippen LogP contribution in [0.3, 0.4) is 0 Å². The molecule has 55 heavy (non-hydrogen) atoms. The molecule has 1 atom stereocenters. The summed E-state index contributed by atoms with van der Waals surface area (Å²) < 4.78 is 11.4. The van der Waals surface area contributed by atoms with Gasteiger partial charge in [-0.3, -0.25) is 9.59 Å². The van der Waals surface area contributed by atoms with E-state index in [9.17, 15) is 19.8 Å². The van der Waals surface area contributed by atoms with E-state index in [-0.39, 0.29) is 49.0 Å². The molecule has 0 amide bonds. The van der Waals surface area contributed by atoms with E-state index in [2.05, 4.69) is 0 Å². The fourth-order valence-corrected chi connectivity index (χ4v) is 6.94. The second-order valence-corrected chi connectivity index (χ2v) is 14.2. The second-order valence-electron chi connectivity index (χ2n) is 14.2. The quantitative estimate of drug-likeness (QED) is 0.0717. The predicted octanol–water partition coefficient (Wildman–Crippen LogP) is 9.50. The van der Waals surface area contributed by atoms with E-state index in [1.807, 2.05) is 153 Å². The van der Waals surface area contributed by atoms with Crippen LogP contribution in [0.2, 0.25) is 0 Å². The number of carbonyl (C=O) groups excluding carboxylic acids is 2. The summed E-state index contributed by atoms with van der Waals surface area (Å²) >= 11 is 0. The summed E-state index contributed by atoms with van der Waals surface area (Å²) in [7, 11) is 0. The van der Waals surface area contributed by atoms with Crippen LogP contribution in [0.25, 0.3) is 0 Å². The normalized spacial score (nSPS) is 11.5. The van der Waals surface area contributed by atoms with E-state index in [0.29, 0.717) is 38.5 Å². The van der Waals surface area contributed by atoms with Crippen molar-refractivity contribution in [2.24, 2.45) is 0 Å². The molecule has 6 rings (SSSR count). The maximum absolute atomic E-state index is 13.1. The Morgan fingerprint density at radius 2 is 0.818 bits per heavy atom. The minimum Gasteiger partial charge on any atom is -0.507 e. The van der Waals surface area contributed by atoms with Crippen molar-refractivity contribution in [1.29, 1.82) is 0 Å². The van der Waals surface area contributed by atoms with Gasteiger partial charge in [0, 0.05) is 25.7 Å². The van der Waals surface area contributed by atoms with Gasteiger partial charge in [0.05, 0.1) is 25.6 Å². The molecule has 0 saturated carbocycles. The molecule has 0 fully saturated rings. The van der Waals surface area contributed by atoms with Gasteiger partial charge in [-0.15, -0.1) is 0 Å². The molecule has 0 aliphatic rings. The lowest BCUT2D eigenvalue weighted by molar-refractivity contribution is -0.149. The van der Waals surface area contributed by atoms with Crippen molar-refractivity contribution in [3.63, 3.8) is 0 Å². The van der Waals surface area contributed by atoms with E-state index in [1.165, 1.54) is 0 Å². The van der Waals surface area contributed by atoms with Crippen molar-refractivity contribution >= 4 is 11.9 Å². The Balaban J connectivity index is 1.02. The summed E-state index contributed by atoms with van der Waals surface area (Å²) in [5.74, 6) is -0.203. The molecule has 0 heterocycles. The lowest BCUT2D eigenvalue weighted by atomic mass is 9.94. The van der Waals surface area contributed by atoms with Crippen LogP contribution < -0.4 is 0 Å². The lowest BCUT2D eigenvalue weighted by Crippen LogP contribution is -2.18. The van der Waals surface area contributed by atoms with E-state index >= 15 is 0 Å². The number of phenols is 2. The summed E-state index contributed by atoms with van der Waals surface area (Å²) in [5, 5.41) is 22.5. The third-order valence-corrected chi connectivity index (χ3v) is 9.65. The van der Waals surface area contributed by atoms with Crippen LogP contribution in [0, 0.1) is 0 Å². The van der Waals surface area contributed by atoms with Gasteiger partial charge in [0.1, 0.15) is 11.5 Å². The molecule has 0 aliphatic heterocycles. The minimum absolute atomic E-state index is 0.0777.